The summed E-state index contributed by atoms with van der Waals surface area (Å²) in [5.41, 5.74) is 0.139. The van der Waals surface area contributed by atoms with Gasteiger partial charge < -0.3 is 19.5 Å². The van der Waals surface area contributed by atoms with Crippen LogP contribution in [-0.4, -0.2) is 33.8 Å². The number of halogens is 2. The SMILES string of the molecule is COc1ccc(S(=O)(=O)N[C@@H](C)C(=O)Nc2ccc3c(c2)OC(F)(F)O3)cc1. The van der Waals surface area contributed by atoms with Crippen LogP contribution in [0.5, 0.6) is 17.2 Å². The zero-order chi connectivity index (χ0) is 20.5. The Morgan fingerprint density at radius 2 is 1.75 bits per heavy atom. The van der Waals surface area contributed by atoms with Gasteiger partial charge in [0, 0.05) is 11.8 Å². The number of alkyl halides is 2. The summed E-state index contributed by atoms with van der Waals surface area (Å²) in [4.78, 5) is 12.2. The van der Waals surface area contributed by atoms with Crippen LogP contribution in [-0.2, 0) is 14.8 Å². The highest BCUT2D eigenvalue weighted by Crippen LogP contribution is 2.42. The van der Waals surface area contributed by atoms with E-state index in [0.717, 1.165) is 6.07 Å². The molecule has 0 spiro atoms. The predicted molar refractivity (Wildman–Crippen MR) is 94.1 cm³/mol. The molecule has 1 amide bonds. The van der Waals surface area contributed by atoms with Crippen LogP contribution in [0.3, 0.4) is 0 Å². The maximum Gasteiger partial charge on any atom is 0.586 e. The van der Waals surface area contributed by atoms with Gasteiger partial charge in [0.05, 0.1) is 18.0 Å². The van der Waals surface area contributed by atoms with Crippen molar-refractivity contribution in [2.75, 3.05) is 12.4 Å². The van der Waals surface area contributed by atoms with Crippen molar-refractivity contribution in [2.24, 2.45) is 0 Å². The molecule has 2 aromatic rings. The molecule has 0 aliphatic carbocycles. The summed E-state index contributed by atoms with van der Waals surface area (Å²) < 4.78 is 66.6. The van der Waals surface area contributed by atoms with Crippen molar-refractivity contribution < 1.29 is 36.2 Å². The zero-order valence-electron chi connectivity index (χ0n) is 14.7. The van der Waals surface area contributed by atoms with Crippen LogP contribution in [0.1, 0.15) is 6.92 Å². The van der Waals surface area contributed by atoms with Gasteiger partial charge in [-0.05, 0) is 43.3 Å². The van der Waals surface area contributed by atoms with Gasteiger partial charge in [-0.3, -0.25) is 4.79 Å². The number of hydrogen-bond donors (Lipinski definition) is 2. The summed E-state index contributed by atoms with van der Waals surface area (Å²) >= 11 is 0. The lowest BCUT2D eigenvalue weighted by Gasteiger charge is -2.15. The molecule has 28 heavy (non-hydrogen) atoms. The summed E-state index contributed by atoms with van der Waals surface area (Å²) in [6, 6.07) is 8.17. The molecule has 2 N–H and O–H groups in total. The van der Waals surface area contributed by atoms with Crippen LogP contribution in [0.2, 0.25) is 0 Å². The van der Waals surface area contributed by atoms with Gasteiger partial charge in [-0.25, -0.2) is 8.42 Å². The summed E-state index contributed by atoms with van der Waals surface area (Å²) in [7, 11) is -2.51. The highest BCUT2D eigenvalue weighted by atomic mass is 32.2. The minimum atomic E-state index is -3.96. The quantitative estimate of drug-likeness (QED) is 0.752. The molecule has 8 nitrogen and oxygen atoms in total. The molecule has 3 rings (SSSR count). The minimum absolute atomic E-state index is 0.0433. The molecule has 0 saturated carbocycles. The van der Waals surface area contributed by atoms with Crippen molar-refractivity contribution in [3.63, 3.8) is 0 Å². The van der Waals surface area contributed by atoms with E-state index in [9.17, 15) is 22.0 Å². The number of fused-ring (bicyclic) bond motifs is 1. The number of nitrogens with one attached hydrogen (secondary N) is 2. The molecule has 0 fully saturated rings. The maximum atomic E-state index is 13.0. The van der Waals surface area contributed by atoms with Crippen LogP contribution >= 0.6 is 0 Å². The Kier molecular flexibility index (Phi) is 5.13. The molecule has 1 aliphatic heterocycles. The molecule has 0 unspecified atom stereocenters. The van der Waals surface area contributed by atoms with E-state index in [0.29, 0.717) is 5.75 Å². The molecule has 0 aromatic heterocycles. The van der Waals surface area contributed by atoms with E-state index in [1.807, 2.05) is 0 Å². The lowest BCUT2D eigenvalue weighted by molar-refractivity contribution is -0.286. The second-order valence-electron chi connectivity index (χ2n) is 5.84. The van der Waals surface area contributed by atoms with Crippen LogP contribution < -0.4 is 24.2 Å². The first kappa shape index (κ1) is 19.8. The second kappa shape index (κ2) is 7.24. The van der Waals surface area contributed by atoms with Gasteiger partial charge in [0.2, 0.25) is 15.9 Å². The number of hydrogen-bond acceptors (Lipinski definition) is 6. The van der Waals surface area contributed by atoms with E-state index in [1.54, 1.807) is 0 Å². The van der Waals surface area contributed by atoms with Crippen LogP contribution in [0.15, 0.2) is 47.4 Å². The number of amides is 1. The minimum Gasteiger partial charge on any atom is -0.497 e. The molecule has 1 heterocycles. The predicted octanol–water partition coefficient (Wildman–Crippen LogP) is 2.32. The highest BCUT2D eigenvalue weighted by Gasteiger charge is 2.43. The van der Waals surface area contributed by atoms with Gasteiger partial charge in [-0.15, -0.1) is 8.78 Å². The number of rotatable bonds is 6. The van der Waals surface area contributed by atoms with E-state index in [1.165, 1.54) is 50.4 Å². The molecule has 0 bridgehead atoms. The van der Waals surface area contributed by atoms with Crippen molar-refractivity contribution >= 4 is 21.6 Å². The second-order valence-corrected chi connectivity index (χ2v) is 7.55. The Bertz CT molecular complexity index is 995. The van der Waals surface area contributed by atoms with E-state index in [2.05, 4.69) is 19.5 Å². The number of carbonyl (C=O) groups is 1. The van der Waals surface area contributed by atoms with Crippen molar-refractivity contribution in [2.45, 2.75) is 24.2 Å². The van der Waals surface area contributed by atoms with Gasteiger partial charge in [0.1, 0.15) is 5.75 Å². The Labute approximate surface area is 159 Å². The molecule has 1 atom stereocenters. The van der Waals surface area contributed by atoms with Crippen molar-refractivity contribution in [3.8, 4) is 17.2 Å². The number of sulfonamides is 1. The van der Waals surface area contributed by atoms with Gasteiger partial charge >= 0.3 is 6.29 Å². The van der Waals surface area contributed by atoms with Crippen LogP contribution in [0.25, 0.3) is 0 Å². The monoisotopic (exact) mass is 414 g/mol. The third-order valence-electron chi connectivity index (χ3n) is 3.76. The fraction of sp³-hybridized carbons (Fsp3) is 0.235. The Morgan fingerprint density at radius 3 is 2.39 bits per heavy atom. The summed E-state index contributed by atoms with van der Waals surface area (Å²) in [5, 5.41) is 2.42. The smallest absolute Gasteiger partial charge is 0.497 e. The number of carbonyl (C=O) groups excluding carboxylic acids is 1. The third-order valence-corrected chi connectivity index (χ3v) is 5.32. The number of methoxy groups -OCH3 is 1. The molecule has 1 aliphatic rings. The first-order chi connectivity index (χ1) is 13.1. The molecule has 11 heteroatoms. The number of benzene rings is 2. The fourth-order valence-corrected chi connectivity index (χ4v) is 3.59. The zero-order valence-corrected chi connectivity index (χ0v) is 15.5. The van der Waals surface area contributed by atoms with Crippen LogP contribution in [0, 0.1) is 0 Å². The van der Waals surface area contributed by atoms with Gasteiger partial charge in [-0.2, -0.15) is 4.72 Å². The van der Waals surface area contributed by atoms with Gasteiger partial charge in [0.25, 0.3) is 0 Å². The molecule has 150 valence electrons. The Hall–Kier alpha value is -2.92. The van der Waals surface area contributed by atoms with Crippen molar-refractivity contribution in [1.82, 2.24) is 4.72 Å². The standard InChI is InChI=1S/C17H16F2N2O6S/c1-10(21-28(23,24)13-6-4-12(25-2)5-7-13)16(22)20-11-3-8-14-15(9-11)27-17(18,19)26-14/h3-10,21H,1-2H3,(H,20,22)/t10-/m0/s1. The summed E-state index contributed by atoms with van der Waals surface area (Å²) in [6.07, 6.45) is -3.77. The maximum absolute atomic E-state index is 13.0. The Balaban J connectivity index is 1.66. The van der Waals surface area contributed by atoms with Gasteiger partial charge in [-0.1, -0.05) is 0 Å². The topological polar surface area (TPSA) is 103 Å². The average molecular weight is 414 g/mol. The van der Waals surface area contributed by atoms with E-state index >= 15 is 0 Å². The average Bonchev–Trinajstić information content (AvgIpc) is 2.94. The van der Waals surface area contributed by atoms with Crippen molar-refractivity contribution in [1.29, 1.82) is 0 Å². The largest absolute Gasteiger partial charge is 0.586 e. The number of ether oxygens (including phenoxy) is 3. The van der Waals surface area contributed by atoms with Crippen molar-refractivity contribution in [3.05, 3.63) is 42.5 Å². The highest BCUT2D eigenvalue weighted by molar-refractivity contribution is 7.89. The third kappa shape index (κ3) is 4.31. The summed E-state index contributed by atoms with van der Waals surface area (Å²) in [5.74, 6) is -0.619. The molecule has 0 saturated heterocycles. The van der Waals surface area contributed by atoms with E-state index in [4.69, 9.17) is 4.74 Å². The Morgan fingerprint density at radius 1 is 1.11 bits per heavy atom. The van der Waals surface area contributed by atoms with Gasteiger partial charge in [0.15, 0.2) is 11.5 Å². The van der Waals surface area contributed by atoms with E-state index < -0.39 is 28.3 Å². The first-order valence-electron chi connectivity index (χ1n) is 7.97. The summed E-state index contributed by atoms with van der Waals surface area (Å²) in [6.45, 7) is 1.34. The van der Waals surface area contributed by atoms with E-state index in [-0.39, 0.29) is 22.1 Å². The normalized spacial score (nSPS) is 15.7. The lowest BCUT2D eigenvalue weighted by Crippen LogP contribution is -2.41. The lowest BCUT2D eigenvalue weighted by atomic mass is 10.2. The van der Waals surface area contributed by atoms with Crippen LogP contribution in [0.4, 0.5) is 14.5 Å². The molecular weight excluding hydrogens is 398 g/mol. The number of anilines is 1. The molecular formula is C17H16F2N2O6S. The fourth-order valence-electron chi connectivity index (χ4n) is 2.39. The molecule has 2 aromatic carbocycles. The molecule has 0 radical (unpaired) electrons. The first-order valence-corrected chi connectivity index (χ1v) is 9.45.